The Labute approximate surface area is 74.9 Å². The van der Waals surface area contributed by atoms with Crippen LogP contribution in [0.5, 0.6) is 0 Å². The van der Waals surface area contributed by atoms with Crippen molar-refractivity contribution < 1.29 is 4.21 Å². The summed E-state index contributed by atoms with van der Waals surface area (Å²) < 4.78 is 11.7. The molecule has 0 fully saturated rings. The molecule has 1 atom stereocenters. The first kappa shape index (κ1) is 8.06. The van der Waals surface area contributed by atoms with Gasteiger partial charge in [0.25, 0.3) is 0 Å². The van der Waals surface area contributed by atoms with E-state index in [1.807, 2.05) is 0 Å². The van der Waals surface area contributed by atoms with Gasteiger partial charge < -0.3 is 0 Å². The van der Waals surface area contributed by atoms with Crippen LogP contribution in [0.15, 0.2) is 17.6 Å². The van der Waals surface area contributed by atoms with Gasteiger partial charge in [0.1, 0.15) is 0 Å². The first-order chi connectivity index (χ1) is 4.70. The Morgan fingerprint density at radius 1 is 1.50 bits per heavy atom. The molecule has 1 aromatic heterocycles. The quantitative estimate of drug-likeness (QED) is 0.559. The van der Waals surface area contributed by atoms with Gasteiger partial charge in [-0.2, -0.15) is 0 Å². The van der Waals surface area contributed by atoms with Crippen molar-refractivity contribution in [1.29, 1.82) is 0 Å². The summed E-state index contributed by atoms with van der Waals surface area (Å²) in [6.07, 6.45) is 4.84. The average molecular weight is 268 g/mol. The topological polar surface area (TPSA) is 42.9 Å². The van der Waals surface area contributed by atoms with Crippen molar-refractivity contribution in [3.63, 3.8) is 0 Å². The lowest BCUT2D eigenvalue weighted by Crippen LogP contribution is -1.95. The van der Waals surface area contributed by atoms with Crippen LogP contribution < -0.4 is 0 Å². The third-order valence-electron chi connectivity index (χ3n) is 0.854. The van der Waals surface area contributed by atoms with E-state index in [1.165, 1.54) is 0 Å². The van der Waals surface area contributed by atoms with Gasteiger partial charge in [-0.15, -0.1) is 0 Å². The molecule has 0 aliphatic rings. The molecule has 0 spiro atoms. The molecule has 0 aromatic carbocycles. The van der Waals surface area contributed by atoms with Crippen LogP contribution in [0.2, 0.25) is 0 Å². The van der Waals surface area contributed by atoms with Crippen LogP contribution in [0.1, 0.15) is 0 Å². The number of aromatic nitrogens is 2. The van der Waals surface area contributed by atoms with Crippen molar-refractivity contribution in [3.8, 4) is 0 Å². The van der Waals surface area contributed by atoms with Gasteiger partial charge in [-0.25, -0.2) is 9.97 Å². The Bertz CT molecular complexity index is 248. The maximum absolute atomic E-state index is 10.7. The Hall–Kier alpha value is -0.0400. The van der Waals surface area contributed by atoms with Crippen LogP contribution in [0.3, 0.4) is 0 Å². The van der Waals surface area contributed by atoms with Gasteiger partial charge in [-0.05, 0) is 22.6 Å². The molecule has 10 heavy (non-hydrogen) atoms. The summed E-state index contributed by atoms with van der Waals surface area (Å²) >= 11 is 2.10. The van der Waals surface area contributed by atoms with Gasteiger partial charge >= 0.3 is 0 Å². The van der Waals surface area contributed by atoms with Gasteiger partial charge in [0.15, 0.2) is 0 Å². The number of nitrogens with zero attached hydrogens (tertiary/aromatic N) is 2. The normalized spacial score (nSPS) is 13.0. The highest BCUT2D eigenvalue weighted by atomic mass is 127. The van der Waals surface area contributed by atoms with Gasteiger partial charge in [0.2, 0.25) is 5.16 Å². The zero-order valence-corrected chi connectivity index (χ0v) is 8.22. The van der Waals surface area contributed by atoms with E-state index in [4.69, 9.17) is 0 Å². The minimum absolute atomic E-state index is 0.389. The molecule has 0 saturated carbocycles. The summed E-state index contributed by atoms with van der Waals surface area (Å²) in [6.45, 7) is 0. The fraction of sp³-hybridized carbons (Fsp3) is 0.200. The highest BCUT2D eigenvalue weighted by molar-refractivity contribution is 14.1. The molecule has 0 aliphatic heterocycles. The van der Waals surface area contributed by atoms with Gasteiger partial charge in [-0.1, -0.05) is 0 Å². The Balaban J connectivity index is 3.00. The minimum atomic E-state index is -1.06. The number of rotatable bonds is 1. The van der Waals surface area contributed by atoms with E-state index in [9.17, 15) is 4.21 Å². The molecule has 0 aliphatic carbocycles. The predicted octanol–water partition coefficient (Wildman–Crippen LogP) is 0.819. The molecule has 1 heterocycles. The lowest BCUT2D eigenvalue weighted by atomic mass is 10.7. The van der Waals surface area contributed by atoms with Crippen molar-refractivity contribution in [3.05, 3.63) is 16.0 Å². The number of hydrogen-bond donors (Lipinski definition) is 0. The van der Waals surface area contributed by atoms with E-state index in [1.54, 1.807) is 18.6 Å². The predicted molar refractivity (Wildman–Crippen MR) is 47.1 cm³/mol. The lowest BCUT2D eigenvalue weighted by Gasteiger charge is -1.91. The molecule has 1 aromatic rings. The zero-order valence-electron chi connectivity index (χ0n) is 5.24. The van der Waals surface area contributed by atoms with Crippen LogP contribution >= 0.6 is 22.6 Å². The molecule has 0 bridgehead atoms. The van der Waals surface area contributed by atoms with E-state index in [0.29, 0.717) is 5.16 Å². The molecule has 1 unspecified atom stereocenters. The van der Waals surface area contributed by atoms with Crippen LogP contribution in [0, 0.1) is 3.57 Å². The average Bonchev–Trinajstić information content (AvgIpc) is 1.88. The molecule has 0 saturated heterocycles. The van der Waals surface area contributed by atoms with Crippen LogP contribution in [0.4, 0.5) is 0 Å². The molecule has 0 N–H and O–H groups in total. The first-order valence-corrected chi connectivity index (χ1v) is 5.15. The Kier molecular flexibility index (Phi) is 2.72. The Morgan fingerprint density at radius 2 is 2.00 bits per heavy atom. The maximum Gasteiger partial charge on any atom is 0.218 e. The fourth-order valence-electron chi connectivity index (χ4n) is 0.449. The molecular weight excluding hydrogens is 263 g/mol. The summed E-state index contributed by atoms with van der Waals surface area (Å²) in [5, 5.41) is 0.389. The monoisotopic (exact) mass is 268 g/mol. The van der Waals surface area contributed by atoms with E-state index in [0.717, 1.165) is 3.57 Å². The molecule has 3 nitrogen and oxygen atoms in total. The van der Waals surface area contributed by atoms with Crippen LogP contribution in [-0.2, 0) is 10.8 Å². The second kappa shape index (κ2) is 3.38. The summed E-state index contributed by atoms with van der Waals surface area (Å²) in [5.74, 6) is 0. The van der Waals surface area contributed by atoms with Gasteiger partial charge in [-0.3, -0.25) is 4.21 Å². The van der Waals surface area contributed by atoms with E-state index < -0.39 is 10.8 Å². The summed E-state index contributed by atoms with van der Waals surface area (Å²) in [7, 11) is -1.06. The summed E-state index contributed by atoms with van der Waals surface area (Å²) in [6, 6.07) is 0. The SMILES string of the molecule is CS(=O)c1ncc(I)cn1. The van der Waals surface area contributed by atoms with Crippen molar-refractivity contribution >= 4 is 33.4 Å². The smallest absolute Gasteiger partial charge is 0.218 e. The number of hydrogen-bond acceptors (Lipinski definition) is 3. The third-order valence-corrected chi connectivity index (χ3v) is 2.14. The summed E-state index contributed by atoms with van der Waals surface area (Å²) in [5.41, 5.74) is 0. The van der Waals surface area contributed by atoms with Crippen molar-refractivity contribution in [2.75, 3.05) is 6.26 Å². The van der Waals surface area contributed by atoms with Crippen molar-refractivity contribution in [2.45, 2.75) is 5.16 Å². The highest BCUT2D eigenvalue weighted by Crippen LogP contribution is 2.00. The standard InChI is InChI=1S/C5H5IN2OS/c1-10(9)5-7-2-4(6)3-8-5/h2-3H,1H3. The van der Waals surface area contributed by atoms with Gasteiger partial charge in [0.05, 0.1) is 10.8 Å². The molecule has 54 valence electrons. The molecule has 0 radical (unpaired) electrons. The largest absolute Gasteiger partial charge is 0.251 e. The maximum atomic E-state index is 10.7. The lowest BCUT2D eigenvalue weighted by molar-refractivity contribution is 0.679. The van der Waals surface area contributed by atoms with E-state index in [2.05, 4.69) is 32.6 Å². The fourth-order valence-corrected chi connectivity index (χ4v) is 1.13. The third kappa shape index (κ3) is 1.98. The second-order valence-electron chi connectivity index (χ2n) is 1.64. The van der Waals surface area contributed by atoms with Crippen molar-refractivity contribution in [1.82, 2.24) is 9.97 Å². The number of halogens is 1. The highest BCUT2D eigenvalue weighted by Gasteiger charge is 1.97. The Morgan fingerprint density at radius 3 is 2.40 bits per heavy atom. The zero-order chi connectivity index (χ0) is 7.56. The molecular formula is C5H5IN2OS. The van der Waals surface area contributed by atoms with E-state index in [-0.39, 0.29) is 0 Å². The van der Waals surface area contributed by atoms with Crippen LogP contribution in [-0.4, -0.2) is 20.4 Å². The molecule has 1 rings (SSSR count). The molecule has 0 amide bonds. The van der Waals surface area contributed by atoms with Crippen LogP contribution in [0.25, 0.3) is 0 Å². The summed E-state index contributed by atoms with van der Waals surface area (Å²) in [4.78, 5) is 7.72. The van der Waals surface area contributed by atoms with Gasteiger partial charge in [0, 0.05) is 22.2 Å². The van der Waals surface area contributed by atoms with Crippen molar-refractivity contribution in [2.24, 2.45) is 0 Å². The minimum Gasteiger partial charge on any atom is -0.251 e. The second-order valence-corrected chi connectivity index (χ2v) is 4.16. The first-order valence-electron chi connectivity index (χ1n) is 2.51. The molecule has 5 heteroatoms. The van der Waals surface area contributed by atoms with E-state index >= 15 is 0 Å².